The van der Waals surface area contributed by atoms with Crippen molar-refractivity contribution in [1.82, 2.24) is 0 Å². The normalized spacial score (nSPS) is 14.6. The van der Waals surface area contributed by atoms with Crippen LogP contribution in [0.3, 0.4) is 0 Å². The van der Waals surface area contributed by atoms with Gasteiger partial charge in [0.1, 0.15) is 72.9 Å². The minimum absolute atomic E-state index is 0.0210. The van der Waals surface area contributed by atoms with Crippen molar-refractivity contribution >= 4 is 87.8 Å². The topological polar surface area (TPSA) is 68.1 Å². The predicted octanol–water partition coefficient (Wildman–Crippen LogP) is 37.1. The highest BCUT2D eigenvalue weighted by atomic mass is 16.3. The molecule has 12 aromatic carbocycles. The molecule has 0 unspecified atom stereocenters. The van der Waals surface area contributed by atoms with Crippen LogP contribution in [0.2, 0.25) is 0 Å². The fraction of sp³-hybridized carbons (Fsp3) is 0.352. The van der Waals surface area contributed by atoms with E-state index in [9.17, 15) is 0 Å². The van der Waals surface area contributed by atoms with Crippen molar-refractivity contribution in [2.24, 2.45) is 51.9 Å². The van der Waals surface area contributed by atoms with Gasteiger partial charge in [-0.25, -0.2) is 18.3 Å². The van der Waals surface area contributed by atoms with E-state index in [-0.39, 0.29) is 21.7 Å². The third-order valence-electron chi connectivity index (χ3n) is 35.3. The van der Waals surface area contributed by atoms with Crippen LogP contribution < -0.4 is 18.3 Å². The Hall–Kier alpha value is -13.6. The van der Waals surface area contributed by atoms with Crippen molar-refractivity contribution in [2.75, 3.05) is 0 Å². The quantitative estimate of drug-likeness (QED) is 0.0904. The van der Waals surface area contributed by atoms with Crippen molar-refractivity contribution in [3.05, 3.63) is 354 Å². The van der Waals surface area contributed by atoms with Crippen LogP contribution in [0.4, 0.5) is 0 Å². The van der Waals surface area contributed by atoms with E-state index in [4.69, 9.17) is 17.7 Å². The molecule has 0 saturated heterocycles. The smallest absolute Gasteiger partial charge is 0.216 e. The molecule has 762 valence electrons. The minimum Gasteiger partial charge on any atom is -0.455 e. The average Bonchev–Trinajstić information content (AvgIpc) is 1.56. The van der Waals surface area contributed by atoms with Crippen LogP contribution in [0, 0.1) is 79.1 Å². The summed E-state index contributed by atoms with van der Waals surface area (Å²) in [6, 6.07) is 82.6. The number of hydrogen-bond donors (Lipinski definition) is 0. The van der Waals surface area contributed by atoms with Gasteiger partial charge in [0.05, 0.1) is 22.3 Å². The Labute approximate surface area is 890 Å². The number of fused-ring (bicyclic) bond motifs is 28. The number of furan rings is 4. The van der Waals surface area contributed by atoms with Crippen molar-refractivity contribution in [3.63, 3.8) is 0 Å². The largest absolute Gasteiger partial charge is 0.455 e. The highest BCUT2D eigenvalue weighted by Crippen LogP contribution is 2.64. The molecule has 1 fully saturated rings. The van der Waals surface area contributed by atoms with E-state index >= 15 is 0 Å². The van der Waals surface area contributed by atoms with Crippen molar-refractivity contribution in [1.29, 1.82) is 0 Å². The van der Waals surface area contributed by atoms with Gasteiger partial charge in [0.15, 0.2) is 24.8 Å². The molecule has 8 heterocycles. The summed E-state index contributed by atoms with van der Waals surface area (Å²) in [6.07, 6.45) is 18.6. The molecule has 8 aromatic heterocycles. The maximum atomic E-state index is 7.18. The monoisotopic (exact) mass is 1980 g/mol. The zero-order valence-electron chi connectivity index (χ0n) is 94.8. The van der Waals surface area contributed by atoms with Crippen LogP contribution in [0.25, 0.3) is 177 Å². The fourth-order valence-electron chi connectivity index (χ4n) is 29.2. The van der Waals surface area contributed by atoms with Crippen LogP contribution in [0.5, 0.6) is 0 Å². The van der Waals surface area contributed by atoms with Gasteiger partial charge in [0.2, 0.25) is 22.8 Å². The lowest BCUT2D eigenvalue weighted by atomic mass is 9.67. The molecule has 0 radical (unpaired) electrons. The van der Waals surface area contributed by atoms with E-state index in [1.807, 2.05) is 0 Å². The Morgan fingerprint density at radius 1 is 0.247 bits per heavy atom. The third kappa shape index (κ3) is 16.1. The second-order valence-electron chi connectivity index (χ2n) is 49.4. The summed E-state index contributed by atoms with van der Waals surface area (Å²) in [6.45, 7) is 59.5. The molecule has 0 atom stereocenters. The summed E-state index contributed by atoms with van der Waals surface area (Å²) in [7, 11) is 8.62. The first-order chi connectivity index (χ1) is 71.6. The summed E-state index contributed by atoms with van der Waals surface area (Å²) in [5.41, 5.74) is 56.2. The van der Waals surface area contributed by atoms with Crippen molar-refractivity contribution in [2.45, 2.75) is 277 Å². The SMILES string of the molecule is Cc1c[n+](C)c(-c2c(C)ccc3c2oc2c4c(ccc23)-c2ccccc2C4(CC(C)C)CC(C)C)cc1C(C)C.Cc1c[n+](C)c(-c2c(C)ccc3c2oc2c4c(ccc23)-c2ccccc2C42CCCC2)cc1C(C)C.Cc1c[n+](C)c(-c2c(C)ccc3c2oc2cc4c(cc23)C(C)(C)c2ccccc2-4)cc1C(C)C.Cc1c[n+](C)c(-c2c(C)ccc3c2oc2cc4c(cc23)C(CC(C)C)(CC(C)C)c2ccccc2-4)cc1C(C)C. The maximum Gasteiger partial charge on any atom is 0.216 e. The molecule has 20 aromatic rings. The second-order valence-corrected chi connectivity index (χ2v) is 49.4. The van der Waals surface area contributed by atoms with Gasteiger partial charge in [-0.05, 0) is 300 Å². The standard InChI is InChI=1S/2C38H44NO.C34H34NO.C32H32NO/c1-22(2)19-38(20-23(3)4)32-13-11-10-12-27(32)30-18-35-31(16-33(30)38)28-15-14-25(7)36(37(28)40-35)34-17-29(24(5)6)26(8)21-39(34)9;1-22(2)19-38(20-23(3)4)32-13-11-10-12-27(32)28-16-17-30-29-15-14-25(7)34(36(29)40-37(30)35(28)38)33-18-31(24(5)6)26(8)21-39(33)9;1-20(2)27-18-29(35(5)19-22(27)4)30-21(3)12-13-25-26-15-14-24-23-10-6-7-11-28(23)34(16-8-9-17-34)31(24)33(26)36-32(25)30;1-18(2)23-15-28(33(7)17-20(23)4)30-19(3)12-13-22-25-14-27-24(16-29(25)34-31(22)30)21-10-8-9-11-26(21)32(27,5)6/h2*10-18,21-24H,19-20H2,1-9H3;6-7,10-15,18-20H,8-9,16-17H2,1-5H3;8-18H,1-7H3/q4*+1. The van der Waals surface area contributed by atoms with Crippen molar-refractivity contribution in [3.8, 4) is 89.5 Å². The molecule has 1 saturated carbocycles. The Morgan fingerprint density at radius 3 is 0.900 bits per heavy atom. The summed E-state index contributed by atoms with van der Waals surface area (Å²) in [4.78, 5) is 0. The Balaban J connectivity index is 0.000000113. The number of benzene rings is 12. The minimum atomic E-state index is -0.0593. The Kier molecular flexibility index (Phi) is 25.5. The van der Waals surface area contributed by atoms with E-state index in [1.54, 1.807) is 0 Å². The van der Waals surface area contributed by atoms with E-state index in [0.717, 1.165) is 70.3 Å². The Morgan fingerprint density at radius 2 is 0.527 bits per heavy atom. The van der Waals surface area contributed by atoms with Crippen LogP contribution in [0.15, 0.2) is 261 Å². The fourth-order valence-corrected chi connectivity index (χ4v) is 29.2. The van der Waals surface area contributed by atoms with Gasteiger partial charge in [0, 0.05) is 122 Å². The van der Waals surface area contributed by atoms with Gasteiger partial charge >= 0.3 is 0 Å². The Bertz CT molecular complexity index is 8870. The summed E-state index contributed by atoms with van der Waals surface area (Å²) in [5.74, 6) is 4.20. The summed E-state index contributed by atoms with van der Waals surface area (Å²) < 4.78 is 36.9. The van der Waals surface area contributed by atoms with Gasteiger partial charge in [0.25, 0.3) is 0 Å². The molecule has 0 aliphatic heterocycles. The van der Waals surface area contributed by atoms with Crippen LogP contribution in [0.1, 0.15) is 311 Å². The van der Waals surface area contributed by atoms with E-state index in [1.165, 1.54) is 270 Å². The first-order valence-corrected chi connectivity index (χ1v) is 56.0. The lowest BCUT2D eigenvalue weighted by Crippen LogP contribution is -2.32. The van der Waals surface area contributed by atoms with E-state index < -0.39 is 0 Å². The third-order valence-corrected chi connectivity index (χ3v) is 35.3. The number of nitrogens with zero attached hydrogens (tertiary/aromatic N) is 4. The molecule has 8 nitrogen and oxygen atoms in total. The van der Waals surface area contributed by atoms with Crippen molar-refractivity contribution < 1.29 is 35.9 Å². The summed E-state index contributed by atoms with van der Waals surface area (Å²) in [5, 5.41) is 9.77. The molecule has 8 heteroatoms. The molecule has 1 spiro atoms. The maximum absolute atomic E-state index is 7.18. The molecular formula is C142H154N4O4+4. The lowest BCUT2D eigenvalue weighted by molar-refractivity contribution is -0.660. The molecule has 25 rings (SSSR count). The van der Waals surface area contributed by atoms with Gasteiger partial charge in [-0.1, -0.05) is 295 Å². The predicted molar refractivity (Wildman–Crippen MR) is 628 cm³/mol. The number of hydrogen-bond acceptors (Lipinski definition) is 4. The molecule has 5 aliphatic carbocycles. The van der Waals surface area contributed by atoms with E-state index in [2.05, 4.69) is 470 Å². The molecule has 0 amide bonds. The van der Waals surface area contributed by atoms with Gasteiger partial charge in [-0.2, -0.15) is 0 Å². The first kappa shape index (κ1) is 101. The summed E-state index contributed by atoms with van der Waals surface area (Å²) >= 11 is 0. The second kappa shape index (κ2) is 37.8. The average molecular weight is 1980 g/mol. The van der Waals surface area contributed by atoms with Gasteiger partial charge in [-0.15, -0.1) is 0 Å². The van der Waals surface area contributed by atoms with Crippen LogP contribution in [-0.2, 0) is 49.9 Å². The van der Waals surface area contributed by atoms with Gasteiger partial charge < -0.3 is 17.7 Å². The number of aryl methyl sites for hydroxylation is 12. The number of rotatable bonds is 16. The van der Waals surface area contributed by atoms with Crippen LogP contribution >= 0.6 is 0 Å². The molecular weight excluding hydrogens is 1830 g/mol. The highest BCUT2D eigenvalue weighted by Gasteiger charge is 2.51. The molecule has 0 bridgehead atoms. The zero-order chi connectivity index (χ0) is 106. The lowest BCUT2D eigenvalue weighted by Gasteiger charge is -2.35. The first-order valence-electron chi connectivity index (χ1n) is 56.0. The van der Waals surface area contributed by atoms with Crippen LogP contribution in [-0.4, -0.2) is 0 Å². The molecule has 150 heavy (non-hydrogen) atoms. The van der Waals surface area contributed by atoms with E-state index in [0.29, 0.717) is 47.3 Å². The number of pyridine rings is 4. The molecule has 5 aliphatic rings. The highest BCUT2D eigenvalue weighted by molar-refractivity contribution is 6.17. The molecule has 0 N–H and O–H groups in total. The number of aromatic nitrogens is 4. The zero-order valence-corrected chi connectivity index (χ0v) is 94.8. The van der Waals surface area contributed by atoms with Gasteiger partial charge in [-0.3, -0.25) is 0 Å².